The minimum atomic E-state index is -1.07. The van der Waals surface area contributed by atoms with Gasteiger partial charge in [-0.3, -0.25) is 4.79 Å². The molecule has 0 radical (unpaired) electrons. The molecule has 1 fully saturated rings. The molecule has 1 amide bonds. The lowest BCUT2D eigenvalue weighted by Crippen LogP contribution is -2.52. The van der Waals surface area contributed by atoms with Crippen molar-refractivity contribution in [1.82, 2.24) is 10.2 Å². The number of nitrogens with one attached hydrogen (secondary N) is 1. The number of nitrogens with zero attached hydrogens (tertiary/aromatic N) is 1. The number of amides is 1. The Labute approximate surface area is 98.4 Å². The molecular weight excluding hydrogens is 226 g/mol. The van der Waals surface area contributed by atoms with Gasteiger partial charge in [0.05, 0.1) is 5.56 Å². The number of halogens is 2. The molecule has 3 nitrogen and oxygen atoms in total. The van der Waals surface area contributed by atoms with E-state index in [-0.39, 0.29) is 11.6 Å². The van der Waals surface area contributed by atoms with E-state index in [4.69, 9.17) is 0 Å². The van der Waals surface area contributed by atoms with Crippen LogP contribution in [-0.4, -0.2) is 36.5 Å². The van der Waals surface area contributed by atoms with Crippen LogP contribution in [0.15, 0.2) is 18.2 Å². The number of hydrogen-bond donors (Lipinski definition) is 1. The molecule has 0 aliphatic carbocycles. The maximum Gasteiger partial charge on any atom is 0.257 e. The van der Waals surface area contributed by atoms with Crippen molar-refractivity contribution in [3.05, 3.63) is 35.4 Å². The third-order valence-corrected chi connectivity index (χ3v) is 2.94. The quantitative estimate of drug-likeness (QED) is 0.804. The molecule has 17 heavy (non-hydrogen) atoms. The Hall–Kier alpha value is -1.49. The Morgan fingerprint density at radius 3 is 2.94 bits per heavy atom. The molecule has 1 saturated heterocycles. The van der Waals surface area contributed by atoms with Gasteiger partial charge in [-0.15, -0.1) is 0 Å². The van der Waals surface area contributed by atoms with E-state index in [1.165, 1.54) is 12.1 Å². The monoisotopic (exact) mass is 240 g/mol. The predicted octanol–water partition coefficient (Wildman–Crippen LogP) is 1.40. The first-order chi connectivity index (χ1) is 8.11. The molecule has 0 saturated carbocycles. The molecule has 0 bridgehead atoms. The Morgan fingerprint density at radius 1 is 1.47 bits per heavy atom. The van der Waals surface area contributed by atoms with E-state index in [0.717, 1.165) is 6.07 Å². The zero-order chi connectivity index (χ0) is 12.4. The van der Waals surface area contributed by atoms with E-state index in [2.05, 4.69) is 5.32 Å². The lowest BCUT2D eigenvalue weighted by Gasteiger charge is -2.34. The summed E-state index contributed by atoms with van der Waals surface area (Å²) in [5, 5.41) is 3.14. The van der Waals surface area contributed by atoms with E-state index in [1.54, 1.807) is 4.90 Å². The van der Waals surface area contributed by atoms with Crippen molar-refractivity contribution in [2.75, 3.05) is 19.6 Å². The summed E-state index contributed by atoms with van der Waals surface area (Å²) in [5.74, 6) is -2.50. The van der Waals surface area contributed by atoms with Gasteiger partial charge < -0.3 is 10.2 Å². The third-order valence-electron chi connectivity index (χ3n) is 2.94. The first kappa shape index (κ1) is 12.0. The molecule has 5 heteroatoms. The van der Waals surface area contributed by atoms with Gasteiger partial charge >= 0.3 is 0 Å². The number of piperazine rings is 1. The SMILES string of the molecule is CC1CNCCN1C(=O)c1cccc(F)c1F. The van der Waals surface area contributed by atoms with Gasteiger partial charge in [-0.1, -0.05) is 6.07 Å². The molecule has 1 aromatic rings. The molecule has 0 aromatic heterocycles. The van der Waals surface area contributed by atoms with Crippen molar-refractivity contribution in [1.29, 1.82) is 0 Å². The summed E-state index contributed by atoms with van der Waals surface area (Å²) in [7, 11) is 0. The molecule has 2 rings (SSSR count). The Morgan fingerprint density at radius 2 is 2.24 bits per heavy atom. The number of rotatable bonds is 1. The molecule has 0 spiro atoms. The van der Waals surface area contributed by atoms with Crippen molar-refractivity contribution in [3.63, 3.8) is 0 Å². The highest BCUT2D eigenvalue weighted by atomic mass is 19.2. The van der Waals surface area contributed by atoms with E-state index < -0.39 is 17.5 Å². The van der Waals surface area contributed by atoms with Crippen molar-refractivity contribution in [3.8, 4) is 0 Å². The lowest BCUT2D eigenvalue weighted by molar-refractivity contribution is 0.0650. The predicted molar refractivity (Wildman–Crippen MR) is 59.7 cm³/mol. The van der Waals surface area contributed by atoms with Gasteiger partial charge in [-0.05, 0) is 19.1 Å². The highest BCUT2D eigenvalue weighted by Gasteiger charge is 2.26. The molecule has 92 valence electrons. The van der Waals surface area contributed by atoms with E-state index in [1.807, 2.05) is 6.92 Å². The van der Waals surface area contributed by atoms with Crippen LogP contribution in [0.25, 0.3) is 0 Å². The lowest BCUT2D eigenvalue weighted by atomic mass is 10.1. The van der Waals surface area contributed by atoms with Gasteiger partial charge in [0, 0.05) is 25.7 Å². The largest absolute Gasteiger partial charge is 0.333 e. The summed E-state index contributed by atoms with van der Waals surface area (Å²) in [6.45, 7) is 3.73. The summed E-state index contributed by atoms with van der Waals surface area (Å²) in [6.07, 6.45) is 0. The fourth-order valence-electron chi connectivity index (χ4n) is 1.97. The topological polar surface area (TPSA) is 32.3 Å². The zero-order valence-electron chi connectivity index (χ0n) is 9.54. The maximum atomic E-state index is 13.5. The van der Waals surface area contributed by atoms with Gasteiger partial charge in [-0.25, -0.2) is 8.78 Å². The molecule has 1 aliphatic heterocycles. The van der Waals surface area contributed by atoms with Crippen LogP contribution in [0.4, 0.5) is 8.78 Å². The average molecular weight is 240 g/mol. The Kier molecular flexibility index (Phi) is 3.38. The molecule has 1 N–H and O–H groups in total. The minimum absolute atomic E-state index is 0.0149. The third kappa shape index (κ3) is 2.29. The van der Waals surface area contributed by atoms with Crippen LogP contribution >= 0.6 is 0 Å². The highest BCUT2D eigenvalue weighted by molar-refractivity contribution is 5.94. The second-order valence-corrected chi connectivity index (χ2v) is 4.15. The standard InChI is InChI=1S/C12H14F2N2O/c1-8-7-15-5-6-16(8)12(17)9-3-2-4-10(13)11(9)14/h2-4,8,15H,5-7H2,1H3. The van der Waals surface area contributed by atoms with Crippen molar-refractivity contribution in [2.45, 2.75) is 13.0 Å². The van der Waals surface area contributed by atoms with E-state index in [9.17, 15) is 13.6 Å². The van der Waals surface area contributed by atoms with Crippen LogP contribution in [0.5, 0.6) is 0 Å². The summed E-state index contributed by atoms with van der Waals surface area (Å²) < 4.78 is 26.5. The number of hydrogen-bond acceptors (Lipinski definition) is 2. The van der Waals surface area contributed by atoms with Gasteiger partial charge in [0.25, 0.3) is 5.91 Å². The molecule has 1 aromatic carbocycles. The van der Waals surface area contributed by atoms with Crippen LogP contribution < -0.4 is 5.32 Å². The maximum absolute atomic E-state index is 13.5. The molecule has 1 atom stereocenters. The van der Waals surface area contributed by atoms with Crippen LogP contribution in [0.2, 0.25) is 0 Å². The highest BCUT2D eigenvalue weighted by Crippen LogP contribution is 2.16. The number of carbonyl (C=O) groups is 1. The Balaban J connectivity index is 2.27. The second-order valence-electron chi connectivity index (χ2n) is 4.15. The smallest absolute Gasteiger partial charge is 0.257 e. The van der Waals surface area contributed by atoms with Crippen molar-refractivity contribution in [2.24, 2.45) is 0 Å². The number of carbonyl (C=O) groups excluding carboxylic acids is 1. The molecule has 1 aliphatic rings. The first-order valence-corrected chi connectivity index (χ1v) is 5.57. The zero-order valence-corrected chi connectivity index (χ0v) is 9.54. The molecule has 1 heterocycles. The number of benzene rings is 1. The van der Waals surface area contributed by atoms with Gasteiger partial charge in [0.15, 0.2) is 11.6 Å². The summed E-state index contributed by atoms with van der Waals surface area (Å²) >= 11 is 0. The molecular formula is C12H14F2N2O. The average Bonchev–Trinajstić information content (AvgIpc) is 2.32. The van der Waals surface area contributed by atoms with Gasteiger partial charge in [-0.2, -0.15) is 0 Å². The van der Waals surface area contributed by atoms with Crippen LogP contribution in [0.1, 0.15) is 17.3 Å². The minimum Gasteiger partial charge on any atom is -0.333 e. The van der Waals surface area contributed by atoms with Crippen molar-refractivity contribution >= 4 is 5.91 Å². The fraction of sp³-hybridized carbons (Fsp3) is 0.417. The van der Waals surface area contributed by atoms with E-state index in [0.29, 0.717) is 19.6 Å². The Bertz CT molecular complexity index is 437. The normalized spacial score (nSPS) is 20.4. The van der Waals surface area contributed by atoms with Crippen LogP contribution in [0.3, 0.4) is 0 Å². The first-order valence-electron chi connectivity index (χ1n) is 5.57. The second kappa shape index (κ2) is 4.79. The fourth-order valence-corrected chi connectivity index (χ4v) is 1.97. The summed E-state index contributed by atoms with van der Waals surface area (Å²) in [5.41, 5.74) is -0.196. The van der Waals surface area contributed by atoms with Crippen LogP contribution in [0, 0.1) is 11.6 Å². The summed E-state index contributed by atoms with van der Waals surface area (Å²) in [4.78, 5) is 13.6. The summed E-state index contributed by atoms with van der Waals surface area (Å²) in [6, 6.07) is 3.65. The van der Waals surface area contributed by atoms with E-state index >= 15 is 0 Å². The molecule has 1 unspecified atom stereocenters. The van der Waals surface area contributed by atoms with Crippen LogP contribution in [-0.2, 0) is 0 Å². The van der Waals surface area contributed by atoms with Gasteiger partial charge in [0.1, 0.15) is 0 Å². The van der Waals surface area contributed by atoms with Crippen molar-refractivity contribution < 1.29 is 13.6 Å². The van der Waals surface area contributed by atoms with Gasteiger partial charge in [0.2, 0.25) is 0 Å².